The number of hydrogen-bond acceptors (Lipinski definition) is 4. The Morgan fingerprint density at radius 2 is 1.75 bits per heavy atom. The van der Waals surface area contributed by atoms with Crippen molar-refractivity contribution in [1.82, 2.24) is 0 Å². The van der Waals surface area contributed by atoms with Crippen LogP contribution in [0, 0.1) is 12.8 Å². The molecule has 1 aromatic carbocycles. The molecule has 0 radical (unpaired) electrons. The average Bonchev–Trinajstić information content (AvgIpc) is 2.26. The molecular formula is C14H25N3O2S. The third kappa shape index (κ3) is 3.86. The Hall–Kier alpha value is -1.27. The van der Waals surface area contributed by atoms with E-state index in [2.05, 4.69) is 32.6 Å². The van der Waals surface area contributed by atoms with E-state index in [-0.39, 0.29) is 10.9 Å². The zero-order valence-corrected chi connectivity index (χ0v) is 13.7. The summed E-state index contributed by atoms with van der Waals surface area (Å²) in [5.41, 5.74) is 7.73. The second kappa shape index (κ2) is 6.01. The molecule has 0 aliphatic rings. The number of primary sulfonamides is 1. The fourth-order valence-electron chi connectivity index (χ4n) is 2.27. The molecule has 4 N–H and O–H groups in total. The number of benzene rings is 1. The molecule has 0 amide bonds. The highest BCUT2D eigenvalue weighted by atomic mass is 32.2. The van der Waals surface area contributed by atoms with Gasteiger partial charge < -0.3 is 10.6 Å². The number of anilines is 2. The van der Waals surface area contributed by atoms with Crippen molar-refractivity contribution < 1.29 is 8.42 Å². The molecule has 1 rings (SSSR count). The first-order valence-electron chi connectivity index (χ1n) is 6.73. The van der Waals surface area contributed by atoms with E-state index in [1.807, 2.05) is 6.07 Å². The first-order valence-corrected chi connectivity index (χ1v) is 8.28. The molecule has 0 saturated heterocycles. The summed E-state index contributed by atoms with van der Waals surface area (Å²) in [6, 6.07) is 3.47. The highest BCUT2D eigenvalue weighted by molar-refractivity contribution is 7.89. The van der Waals surface area contributed by atoms with Gasteiger partial charge in [0.1, 0.15) is 0 Å². The maximum atomic E-state index is 11.7. The van der Waals surface area contributed by atoms with Crippen LogP contribution in [0.4, 0.5) is 11.4 Å². The third-order valence-corrected chi connectivity index (χ3v) is 4.19. The quantitative estimate of drug-likeness (QED) is 0.815. The average molecular weight is 299 g/mol. The molecule has 0 fully saturated rings. The lowest BCUT2D eigenvalue weighted by Gasteiger charge is -2.32. The highest BCUT2D eigenvalue weighted by Gasteiger charge is 2.21. The van der Waals surface area contributed by atoms with Gasteiger partial charge in [-0.2, -0.15) is 0 Å². The van der Waals surface area contributed by atoms with Crippen molar-refractivity contribution in [2.24, 2.45) is 11.1 Å². The van der Waals surface area contributed by atoms with Crippen LogP contribution in [0.2, 0.25) is 0 Å². The van der Waals surface area contributed by atoms with Crippen LogP contribution >= 0.6 is 0 Å². The zero-order chi connectivity index (χ0) is 15.7. The Morgan fingerprint density at radius 3 is 2.15 bits per heavy atom. The van der Waals surface area contributed by atoms with Gasteiger partial charge in [0.2, 0.25) is 10.0 Å². The van der Waals surface area contributed by atoms with Gasteiger partial charge in [-0.3, -0.25) is 0 Å². The van der Waals surface area contributed by atoms with Crippen molar-refractivity contribution in [2.45, 2.75) is 45.6 Å². The molecule has 0 atom stereocenters. The van der Waals surface area contributed by atoms with Crippen molar-refractivity contribution >= 4 is 21.4 Å². The molecule has 0 aliphatic carbocycles. The molecule has 5 nitrogen and oxygen atoms in total. The van der Waals surface area contributed by atoms with Crippen LogP contribution in [0.5, 0.6) is 0 Å². The normalized spacial score (nSPS) is 12.2. The fraction of sp³-hybridized carbons (Fsp3) is 0.571. The van der Waals surface area contributed by atoms with Gasteiger partial charge in [0, 0.05) is 24.0 Å². The summed E-state index contributed by atoms with van der Waals surface area (Å²) < 4.78 is 23.4. The summed E-state index contributed by atoms with van der Waals surface area (Å²) in [4.78, 5) is 2.26. The molecule has 114 valence electrons. The molecule has 0 unspecified atom stereocenters. The molecule has 0 aromatic heterocycles. The van der Waals surface area contributed by atoms with Gasteiger partial charge in [-0.25, -0.2) is 13.6 Å². The van der Waals surface area contributed by atoms with E-state index in [0.717, 1.165) is 12.2 Å². The van der Waals surface area contributed by atoms with Crippen LogP contribution in [0.15, 0.2) is 17.0 Å². The summed E-state index contributed by atoms with van der Waals surface area (Å²) >= 11 is 0. The Bertz CT molecular complexity index is 580. The molecule has 0 aliphatic heterocycles. The molecule has 20 heavy (non-hydrogen) atoms. The van der Waals surface area contributed by atoms with Gasteiger partial charge in [0.15, 0.2) is 0 Å². The Balaban J connectivity index is 3.47. The van der Waals surface area contributed by atoms with Gasteiger partial charge in [-0.1, -0.05) is 13.8 Å². The number of sulfonamides is 1. The van der Waals surface area contributed by atoms with E-state index in [1.54, 1.807) is 6.92 Å². The molecule has 0 saturated carbocycles. The van der Waals surface area contributed by atoms with Gasteiger partial charge in [0.05, 0.1) is 4.90 Å². The topological polar surface area (TPSA) is 89.4 Å². The van der Waals surface area contributed by atoms with E-state index < -0.39 is 10.0 Å². The Labute approximate surface area is 122 Å². The predicted molar refractivity (Wildman–Crippen MR) is 84.3 cm³/mol. The smallest absolute Gasteiger partial charge is 0.238 e. The molecule has 0 bridgehead atoms. The van der Waals surface area contributed by atoms with Crippen LogP contribution in [0.1, 0.15) is 33.3 Å². The first-order chi connectivity index (χ1) is 9.04. The minimum atomic E-state index is -3.77. The minimum absolute atomic E-state index is 0.0990. The Kier molecular flexibility index (Phi) is 5.05. The van der Waals surface area contributed by atoms with Crippen LogP contribution in [-0.2, 0) is 10.0 Å². The Morgan fingerprint density at radius 1 is 1.20 bits per heavy atom. The predicted octanol–water partition coefficient (Wildman–Crippen LogP) is 2.10. The van der Waals surface area contributed by atoms with Crippen molar-refractivity contribution in [3.8, 4) is 0 Å². The molecule has 0 heterocycles. The third-order valence-electron chi connectivity index (χ3n) is 3.16. The van der Waals surface area contributed by atoms with E-state index in [4.69, 9.17) is 10.9 Å². The van der Waals surface area contributed by atoms with E-state index in [1.165, 1.54) is 6.07 Å². The second-order valence-electron chi connectivity index (χ2n) is 5.85. The van der Waals surface area contributed by atoms with Crippen molar-refractivity contribution in [1.29, 1.82) is 0 Å². The first kappa shape index (κ1) is 16.8. The van der Waals surface area contributed by atoms with Gasteiger partial charge >= 0.3 is 0 Å². The maximum Gasteiger partial charge on any atom is 0.238 e. The van der Waals surface area contributed by atoms with Crippen LogP contribution in [0.25, 0.3) is 0 Å². The van der Waals surface area contributed by atoms with Crippen LogP contribution in [0.3, 0.4) is 0 Å². The van der Waals surface area contributed by atoms with Gasteiger partial charge in [0.25, 0.3) is 0 Å². The molecule has 1 aromatic rings. The van der Waals surface area contributed by atoms with E-state index >= 15 is 0 Å². The zero-order valence-electron chi connectivity index (χ0n) is 12.8. The number of rotatable bonds is 5. The van der Waals surface area contributed by atoms with E-state index in [0.29, 0.717) is 17.2 Å². The van der Waals surface area contributed by atoms with E-state index in [9.17, 15) is 8.42 Å². The summed E-state index contributed by atoms with van der Waals surface area (Å²) in [6.07, 6.45) is 0. The molecular weight excluding hydrogens is 274 g/mol. The summed E-state index contributed by atoms with van der Waals surface area (Å²) in [7, 11) is -3.77. The van der Waals surface area contributed by atoms with Crippen LogP contribution in [-0.4, -0.2) is 21.0 Å². The molecule has 0 spiro atoms. The second-order valence-corrected chi connectivity index (χ2v) is 7.38. The van der Waals surface area contributed by atoms with Gasteiger partial charge in [-0.05, 0) is 44.4 Å². The summed E-state index contributed by atoms with van der Waals surface area (Å²) in [5.74, 6) is 0.455. The number of nitrogens with two attached hydrogens (primary N) is 2. The summed E-state index contributed by atoms with van der Waals surface area (Å²) in [5, 5.41) is 5.27. The lowest BCUT2D eigenvalue weighted by molar-refractivity contribution is 0.569. The monoisotopic (exact) mass is 299 g/mol. The van der Waals surface area contributed by atoms with Crippen molar-refractivity contribution in [2.75, 3.05) is 17.2 Å². The SMILES string of the molecule is Cc1c(N(CC(C)C)C(C)C)cc(N)cc1S(N)(=O)=O. The standard InChI is InChI=1S/C14H25N3O2S/c1-9(2)8-17(10(3)4)13-6-12(15)7-14(11(13)5)20(16,18)19/h6-7,9-10H,8,15H2,1-5H3,(H2,16,18,19). The van der Waals surface area contributed by atoms with Crippen LogP contribution < -0.4 is 15.8 Å². The minimum Gasteiger partial charge on any atom is -0.399 e. The number of hydrogen-bond donors (Lipinski definition) is 2. The maximum absolute atomic E-state index is 11.7. The highest BCUT2D eigenvalue weighted by Crippen LogP contribution is 2.30. The van der Waals surface area contributed by atoms with Crippen molar-refractivity contribution in [3.63, 3.8) is 0 Å². The lowest BCUT2D eigenvalue weighted by atomic mass is 10.1. The van der Waals surface area contributed by atoms with Crippen molar-refractivity contribution in [3.05, 3.63) is 17.7 Å². The lowest BCUT2D eigenvalue weighted by Crippen LogP contribution is -2.35. The number of nitrogens with zero attached hydrogens (tertiary/aromatic N) is 1. The van der Waals surface area contributed by atoms with Gasteiger partial charge in [-0.15, -0.1) is 0 Å². The fourth-order valence-corrected chi connectivity index (χ4v) is 3.10. The largest absolute Gasteiger partial charge is 0.399 e. The summed E-state index contributed by atoms with van der Waals surface area (Å²) in [6.45, 7) is 11.0. The molecule has 6 heteroatoms. The number of nitrogen functional groups attached to an aromatic ring is 1.